The van der Waals surface area contributed by atoms with Crippen molar-refractivity contribution < 1.29 is 4.79 Å². The zero-order valence-corrected chi connectivity index (χ0v) is 13.9. The standard InChI is InChI=1S/C19H20N4O/c1-14-11-18(19(24)22-12-16-6-9-20-10-7-16)15(2)23(14)13-17-5-3-4-8-21-17/h3-11H,12-13H2,1-2H3,(H,22,24). The largest absolute Gasteiger partial charge is 0.348 e. The summed E-state index contributed by atoms with van der Waals surface area (Å²) in [4.78, 5) is 20.8. The Morgan fingerprint density at radius 1 is 1.12 bits per heavy atom. The second-order valence-electron chi connectivity index (χ2n) is 5.73. The van der Waals surface area contributed by atoms with Crippen LogP contribution in [0.4, 0.5) is 0 Å². The summed E-state index contributed by atoms with van der Waals surface area (Å²) in [5, 5.41) is 2.96. The van der Waals surface area contributed by atoms with Gasteiger partial charge in [-0.15, -0.1) is 0 Å². The van der Waals surface area contributed by atoms with Crippen LogP contribution in [0.5, 0.6) is 0 Å². The highest BCUT2D eigenvalue weighted by molar-refractivity contribution is 5.95. The minimum absolute atomic E-state index is 0.0628. The fourth-order valence-electron chi connectivity index (χ4n) is 2.71. The Labute approximate surface area is 141 Å². The van der Waals surface area contributed by atoms with E-state index in [0.717, 1.165) is 22.6 Å². The van der Waals surface area contributed by atoms with Gasteiger partial charge < -0.3 is 9.88 Å². The van der Waals surface area contributed by atoms with Gasteiger partial charge in [0.2, 0.25) is 0 Å². The van der Waals surface area contributed by atoms with E-state index in [1.165, 1.54) is 0 Å². The maximum Gasteiger partial charge on any atom is 0.253 e. The van der Waals surface area contributed by atoms with Crippen LogP contribution in [-0.2, 0) is 13.1 Å². The van der Waals surface area contributed by atoms with Crippen molar-refractivity contribution in [2.24, 2.45) is 0 Å². The number of nitrogens with zero attached hydrogens (tertiary/aromatic N) is 3. The lowest BCUT2D eigenvalue weighted by Gasteiger charge is -2.09. The molecule has 1 N–H and O–H groups in total. The van der Waals surface area contributed by atoms with Crippen LogP contribution in [0.3, 0.4) is 0 Å². The molecule has 0 aliphatic heterocycles. The van der Waals surface area contributed by atoms with Crippen molar-refractivity contribution in [2.45, 2.75) is 26.9 Å². The molecule has 0 aliphatic rings. The molecular formula is C19H20N4O. The van der Waals surface area contributed by atoms with Gasteiger partial charge in [0.1, 0.15) is 0 Å². The molecule has 0 saturated carbocycles. The highest BCUT2D eigenvalue weighted by Gasteiger charge is 2.15. The van der Waals surface area contributed by atoms with E-state index in [4.69, 9.17) is 0 Å². The first-order valence-electron chi connectivity index (χ1n) is 7.89. The van der Waals surface area contributed by atoms with Crippen LogP contribution in [0.2, 0.25) is 0 Å². The first-order chi connectivity index (χ1) is 11.6. The Bertz CT molecular complexity index is 825. The van der Waals surface area contributed by atoms with Gasteiger partial charge in [-0.25, -0.2) is 0 Å². The fraction of sp³-hybridized carbons (Fsp3) is 0.211. The number of amides is 1. The summed E-state index contributed by atoms with van der Waals surface area (Å²) in [7, 11) is 0. The van der Waals surface area contributed by atoms with E-state index in [0.29, 0.717) is 18.7 Å². The highest BCUT2D eigenvalue weighted by Crippen LogP contribution is 2.16. The first kappa shape index (κ1) is 15.9. The molecule has 5 heteroatoms. The topological polar surface area (TPSA) is 59.8 Å². The van der Waals surface area contributed by atoms with Crippen molar-refractivity contribution in [3.63, 3.8) is 0 Å². The van der Waals surface area contributed by atoms with Gasteiger partial charge in [-0.2, -0.15) is 0 Å². The number of carbonyl (C=O) groups is 1. The third kappa shape index (κ3) is 3.51. The van der Waals surface area contributed by atoms with Crippen LogP contribution in [0.15, 0.2) is 55.0 Å². The minimum Gasteiger partial charge on any atom is -0.348 e. The zero-order chi connectivity index (χ0) is 16.9. The van der Waals surface area contributed by atoms with Gasteiger partial charge in [0.25, 0.3) is 5.91 Å². The van der Waals surface area contributed by atoms with E-state index in [1.54, 1.807) is 18.6 Å². The van der Waals surface area contributed by atoms with Gasteiger partial charge in [0, 0.05) is 36.5 Å². The van der Waals surface area contributed by atoms with Crippen LogP contribution in [-0.4, -0.2) is 20.4 Å². The van der Waals surface area contributed by atoms with Crippen molar-refractivity contribution in [1.82, 2.24) is 19.9 Å². The summed E-state index contributed by atoms with van der Waals surface area (Å²) in [6, 6.07) is 11.6. The van der Waals surface area contributed by atoms with Crippen molar-refractivity contribution in [1.29, 1.82) is 0 Å². The molecule has 0 radical (unpaired) electrons. The molecule has 0 bridgehead atoms. The Balaban J connectivity index is 1.74. The fourth-order valence-corrected chi connectivity index (χ4v) is 2.71. The van der Waals surface area contributed by atoms with Gasteiger partial charge in [0.15, 0.2) is 0 Å². The average molecular weight is 320 g/mol. The Morgan fingerprint density at radius 3 is 2.62 bits per heavy atom. The predicted octanol–water partition coefficient (Wildman–Crippen LogP) is 2.87. The van der Waals surface area contributed by atoms with Crippen molar-refractivity contribution in [3.05, 3.63) is 83.2 Å². The van der Waals surface area contributed by atoms with Gasteiger partial charge in [0.05, 0.1) is 17.8 Å². The van der Waals surface area contributed by atoms with E-state index in [-0.39, 0.29) is 5.91 Å². The molecule has 0 saturated heterocycles. The molecule has 122 valence electrons. The van der Waals surface area contributed by atoms with E-state index in [2.05, 4.69) is 19.9 Å². The number of hydrogen-bond donors (Lipinski definition) is 1. The van der Waals surface area contributed by atoms with Crippen molar-refractivity contribution in [2.75, 3.05) is 0 Å². The van der Waals surface area contributed by atoms with Gasteiger partial charge in [-0.05, 0) is 49.7 Å². The Morgan fingerprint density at radius 2 is 1.92 bits per heavy atom. The second kappa shape index (κ2) is 7.08. The van der Waals surface area contributed by atoms with Gasteiger partial charge >= 0.3 is 0 Å². The molecule has 24 heavy (non-hydrogen) atoms. The smallest absolute Gasteiger partial charge is 0.253 e. The number of pyridine rings is 2. The molecule has 3 aromatic heterocycles. The number of hydrogen-bond acceptors (Lipinski definition) is 3. The predicted molar refractivity (Wildman–Crippen MR) is 92.7 cm³/mol. The van der Waals surface area contributed by atoms with E-state index < -0.39 is 0 Å². The summed E-state index contributed by atoms with van der Waals surface area (Å²) in [5.41, 5.74) is 4.71. The molecule has 0 aromatic carbocycles. The first-order valence-corrected chi connectivity index (χ1v) is 7.89. The number of carbonyl (C=O) groups excluding carboxylic acids is 1. The molecular weight excluding hydrogens is 300 g/mol. The molecule has 3 aromatic rings. The Kier molecular flexibility index (Phi) is 4.70. The zero-order valence-electron chi connectivity index (χ0n) is 13.9. The summed E-state index contributed by atoms with van der Waals surface area (Å²) in [6.07, 6.45) is 5.23. The monoisotopic (exact) mass is 320 g/mol. The Hall–Kier alpha value is -2.95. The lowest BCUT2D eigenvalue weighted by atomic mass is 10.2. The number of rotatable bonds is 5. The third-order valence-corrected chi connectivity index (χ3v) is 4.07. The van der Waals surface area contributed by atoms with Crippen molar-refractivity contribution in [3.8, 4) is 0 Å². The summed E-state index contributed by atoms with van der Waals surface area (Å²) >= 11 is 0. The molecule has 3 rings (SSSR count). The van der Waals surface area contributed by atoms with Crippen LogP contribution in [0.25, 0.3) is 0 Å². The molecule has 0 spiro atoms. The number of nitrogens with one attached hydrogen (secondary N) is 1. The molecule has 5 nitrogen and oxygen atoms in total. The molecule has 1 amide bonds. The van der Waals surface area contributed by atoms with Crippen molar-refractivity contribution >= 4 is 5.91 Å². The summed E-state index contributed by atoms with van der Waals surface area (Å²) < 4.78 is 2.11. The maximum atomic E-state index is 12.5. The van der Waals surface area contributed by atoms with E-state index in [9.17, 15) is 4.79 Å². The lowest BCUT2D eigenvalue weighted by molar-refractivity contribution is 0.0950. The van der Waals surface area contributed by atoms with Crippen LogP contribution in [0, 0.1) is 13.8 Å². The average Bonchev–Trinajstić information content (AvgIpc) is 2.90. The SMILES string of the molecule is Cc1cc(C(=O)NCc2ccncc2)c(C)n1Cc1ccccn1. The third-order valence-electron chi connectivity index (χ3n) is 4.07. The minimum atomic E-state index is -0.0628. The normalized spacial score (nSPS) is 10.6. The van der Waals surface area contributed by atoms with Crippen LogP contribution >= 0.6 is 0 Å². The molecule has 0 atom stereocenters. The van der Waals surface area contributed by atoms with E-state index >= 15 is 0 Å². The number of aryl methyl sites for hydroxylation is 1. The van der Waals surface area contributed by atoms with E-state index in [1.807, 2.05) is 50.2 Å². The highest BCUT2D eigenvalue weighted by atomic mass is 16.1. The van der Waals surface area contributed by atoms with Gasteiger partial charge in [-0.3, -0.25) is 14.8 Å². The number of aromatic nitrogens is 3. The molecule has 0 unspecified atom stereocenters. The second-order valence-corrected chi connectivity index (χ2v) is 5.73. The van der Waals surface area contributed by atoms with Crippen LogP contribution in [0.1, 0.15) is 33.0 Å². The maximum absolute atomic E-state index is 12.5. The summed E-state index contributed by atoms with van der Waals surface area (Å²) in [5.74, 6) is -0.0628. The molecule has 3 heterocycles. The van der Waals surface area contributed by atoms with Crippen LogP contribution < -0.4 is 5.32 Å². The quantitative estimate of drug-likeness (QED) is 0.786. The molecule has 0 aliphatic carbocycles. The summed E-state index contributed by atoms with van der Waals surface area (Å²) in [6.45, 7) is 5.13. The lowest BCUT2D eigenvalue weighted by Crippen LogP contribution is -2.23. The van der Waals surface area contributed by atoms with Gasteiger partial charge in [-0.1, -0.05) is 6.07 Å². The molecule has 0 fully saturated rings.